The van der Waals surface area contributed by atoms with Gasteiger partial charge in [0.05, 0.1) is 31.0 Å². The molecule has 9 atom stereocenters. The number of carbonyl (C=O) groups excluding carboxylic acids is 1. The van der Waals surface area contributed by atoms with E-state index in [1.807, 2.05) is 24.3 Å². The fourth-order valence-corrected chi connectivity index (χ4v) is 5.60. The Morgan fingerprint density at radius 1 is 1.10 bits per heavy atom. The maximum absolute atomic E-state index is 13.3. The molecule has 40 heavy (non-hydrogen) atoms. The van der Waals surface area contributed by atoms with Crippen LogP contribution in [0.1, 0.15) is 12.0 Å². The number of aromatic amines is 1. The molecule has 8 N–H and O–H groups in total. The van der Waals surface area contributed by atoms with E-state index in [9.17, 15) is 40.2 Å². The number of carboxylic acid groups (broad SMARTS) is 1. The van der Waals surface area contributed by atoms with E-state index in [0.29, 0.717) is 12.0 Å². The zero-order chi connectivity index (χ0) is 28.6. The molecule has 0 radical (unpaired) electrons. The Kier molecular flexibility index (Phi) is 8.24. The zero-order valence-electron chi connectivity index (χ0n) is 21.3. The summed E-state index contributed by atoms with van der Waals surface area (Å²) in [5.41, 5.74) is 2.24. The van der Waals surface area contributed by atoms with Crippen molar-refractivity contribution < 1.29 is 54.4 Å². The minimum atomic E-state index is -1.67. The number of carbonyl (C=O) groups is 2. The summed E-state index contributed by atoms with van der Waals surface area (Å²) in [4.78, 5) is 28.5. The van der Waals surface area contributed by atoms with Gasteiger partial charge in [0.25, 0.3) is 5.91 Å². The van der Waals surface area contributed by atoms with Crippen molar-refractivity contribution in [2.45, 2.75) is 55.9 Å². The highest BCUT2D eigenvalue weighted by Gasteiger charge is 2.49. The number of aliphatic hydroxyl groups is 5. The van der Waals surface area contributed by atoms with Gasteiger partial charge < -0.3 is 55.2 Å². The third kappa shape index (κ3) is 5.24. The minimum Gasteiger partial charge on any atom is -0.480 e. The van der Waals surface area contributed by atoms with Crippen molar-refractivity contribution in [1.82, 2.24) is 10.3 Å². The summed E-state index contributed by atoms with van der Waals surface area (Å²) in [5.74, 6) is -3.11. The van der Waals surface area contributed by atoms with E-state index in [2.05, 4.69) is 10.3 Å². The predicted molar refractivity (Wildman–Crippen MR) is 136 cm³/mol. The first-order chi connectivity index (χ1) is 19.2. The van der Waals surface area contributed by atoms with Crippen LogP contribution >= 0.6 is 0 Å². The number of para-hydroxylation sites is 1. The first-order valence-corrected chi connectivity index (χ1v) is 12.9. The molecular weight excluding hydrogens is 528 g/mol. The van der Waals surface area contributed by atoms with Crippen LogP contribution in [0, 0.1) is 11.8 Å². The molecule has 3 aliphatic rings. The fraction of sp³-hybridized carbons (Fsp3) is 0.481. The van der Waals surface area contributed by atoms with Gasteiger partial charge in [-0.3, -0.25) is 4.79 Å². The standard InChI is InChI=1S/C27H32N2O11/c30-9-12-5-6-15-16(11-38-26(20(12)15)40-27-23(34)22(33)21(32)19(10-31)39-27)24(35)29-18(25(36)37)7-13-8-28-17-4-2-1-3-14(13)17/h1-5,8,11,15,18-23,26-28,30-34H,6-7,9-10H2,(H,29,35)(H,36,37)/t15-,18?,19-,20-,21-,22+,23-,26+,27+/m1/s1. The summed E-state index contributed by atoms with van der Waals surface area (Å²) in [7, 11) is 0. The van der Waals surface area contributed by atoms with Crippen LogP contribution in [0.15, 0.2) is 53.9 Å². The number of fused-ring (bicyclic) bond motifs is 2. The van der Waals surface area contributed by atoms with E-state index in [-0.39, 0.29) is 18.6 Å². The molecule has 0 bridgehead atoms. The molecule has 2 aliphatic heterocycles. The molecule has 1 aromatic heterocycles. The quantitative estimate of drug-likeness (QED) is 0.172. The number of carboxylic acids is 1. The molecule has 1 aliphatic carbocycles. The van der Waals surface area contributed by atoms with E-state index in [0.717, 1.165) is 22.7 Å². The summed E-state index contributed by atoms with van der Waals surface area (Å²) in [5, 5.41) is 63.2. The average molecular weight is 561 g/mol. The van der Waals surface area contributed by atoms with E-state index in [4.69, 9.17) is 14.2 Å². The van der Waals surface area contributed by atoms with Gasteiger partial charge in [0.1, 0.15) is 30.5 Å². The van der Waals surface area contributed by atoms with Crippen molar-refractivity contribution in [2.75, 3.05) is 13.2 Å². The number of H-pyrrole nitrogens is 1. The number of allylic oxidation sites excluding steroid dienone is 1. The van der Waals surface area contributed by atoms with Crippen molar-refractivity contribution >= 4 is 22.8 Å². The smallest absolute Gasteiger partial charge is 0.326 e. The van der Waals surface area contributed by atoms with Gasteiger partial charge in [-0.2, -0.15) is 0 Å². The monoisotopic (exact) mass is 560 g/mol. The molecule has 2 aromatic rings. The second-order valence-corrected chi connectivity index (χ2v) is 10.1. The van der Waals surface area contributed by atoms with Crippen LogP contribution in [-0.4, -0.2) is 104 Å². The molecule has 3 heterocycles. The van der Waals surface area contributed by atoms with Gasteiger partial charge in [-0.15, -0.1) is 0 Å². The SMILES string of the molecule is O=C(NC(Cc1c[nH]c2ccccc12)C(=O)O)C1=CO[C@@H](O[C@@H]2O[C@H](CO)[C@@H](O)[C@H](O)[C@H]2O)[C@@H]2C(CO)=CC[C@H]12. The van der Waals surface area contributed by atoms with Gasteiger partial charge in [0.15, 0.2) is 6.29 Å². The molecule has 1 unspecified atom stereocenters. The molecule has 13 nitrogen and oxygen atoms in total. The molecular formula is C27H32N2O11. The van der Waals surface area contributed by atoms with Gasteiger partial charge in [-0.05, 0) is 23.6 Å². The summed E-state index contributed by atoms with van der Waals surface area (Å²) >= 11 is 0. The van der Waals surface area contributed by atoms with E-state index in [1.54, 1.807) is 12.3 Å². The number of rotatable bonds is 9. The van der Waals surface area contributed by atoms with Gasteiger partial charge >= 0.3 is 5.97 Å². The molecule has 0 saturated carbocycles. The Hall–Kier alpha value is -3.30. The van der Waals surface area contributed by atoms with Crippen molar-refractivity contribution in [3.8, 4) is 0 Å². The Morgan fingerprint density at radius 2 is 1.88 bits per heavy atom. The normalized spacial score (nSPS) is 32.5. The number of benzene rings is 1. The van der Waals surface area contributed by atoms with Gasteiger partial charge in [0, 0.05) is 29.4 Å². The van der Waals surface area contributed by atoms with Crippen molar-refractivity contribution in [3.05, 3.63) is 59.5 Å². The number of hydrogen-bond donors (Lipinski definition) is 8. The van der Waals surface area contributed by atoms with Crippen LogP contribution in [0.4, 0.5) is 0 Å². The molecule has 1 saturated heterocycles. The highest BCUT2D eigenvalue weighted by atomic mass is 16.8. The maximum Gasteiger partial charge on any atom is 0.326 e. The summed E-state index contributed by atoms with van der Waals surface area (Å²) in [6.07, 6.45) is -3.77. The molecule has 0 spiro atoms. The highest BCUT2D eigenvalue weighted by molar-refractivity contribution is 5.97. The van der Waals surface area contributed by atoms with Crippen LogP contribution in [0.3, 0.4) is 0 Å². The van der Waals surface area contributed by atoms with Crippen molar-refractivity contribution in [2.24, 2.45) is 11.8 Å². The van der Waals surface area contributed by atoms with Crippen LogP contribution in [0.25, 0.3) is 10.9 Å². The Balaban J connectivity index is 1.33. The first kappa shape index (κ1) is 28.2. The fourth-order valence-electron chi connectivity index (χ4n) is 5.60. The molecule has 216 valence electrons. The third-order valence-corrected chi connectivity index (χ3v) is 7.78. The van der Waals surface area contributed by atoms with Crippen molar-refractivity contribution in [1.29, 1.82) is 0 Å². The lowest BCUT2D eigenvalue weighted by Gasteiger charge is -2.43. The Bertz CT molecular complexity index is 1300. The Labute approximate surface area is 228 Å². The number of amides is 1. The number of nitrogens with one attached hydrogen (secondary N) is 2. The lowest BCUT2D eigenvalue weighted by Crippen LogP contribution is -2.60. The number of aliphatic hydroxyl groups excluding tert-OH is 5. The average Bonchev–Trinajstić information content (AvgIpc) is 3.57. The number of aromatic nitrogens is 1. The summed E-state index contributed by atoms with van der Waals surface area (Å²) in [6.45, 7) is -1.01. The number of ether oxygens (including phenoxy) is 3. The van der Waals surface area contributed by atoms with Crippen molar-refractivity contribution in [3.63, 3.8) is 0 Å². The Morgan fingerprint density at radius 3 is 2.60 bits per heavy atom. The molecule has 1 amide bonds. The van der Waals surface area contributed by atoms with Gasteiger partial charge in [-0.1, -0.05) is 24.3 Å². The second-order valence-electron chi connectivity index (χ2n) is 10.1. The summed E-state index contributed by atoms with van der Waals surface area (Å²) < 4.78 is 16.9. The second kappa shape index (κ2) is 11.7. The largest absolute Gasteiger partial charge is 0.480 e. The van der Waals surface area contributed by atoms with Crippen LogP contribution < -0.4 is 5.32 Å². The molecule has 1 fully saturated rings. The number of hydrogen-bond acceptors (Lipinski definition) is 10. The molecule has 1 aromatic carbocycles. The van der Waals surface area contributed by atoms with Gasteiger partial charge in [-0.25, -0.2) is 4.79 Å². The van der Waals surface area contributed by atoms with E-state index >= 15 is 0 Å². The number of aliphatic carboxylic acids is 1. The topological polar surface area (TPSA) is 211 Å². The minimum absolute atomic E-state index is 0.0380. The lowest BCUT2D eigenvalue weighted by atomic mass is 9.83. The zero-order valence-corrected chi connectivity index (χ0v) is 21.3. The highest BCUT2D eigenvalue weighted by Crippen LogP contribution is 2.44. The van der Waals surface area contributed by atoms with Gasteiger partial charge in [0.2, 0.25) is 6.29 Å². The van der Waals surface area contributed by atoms with E-state index in [1.165, 1.54) is 0 Å². The first-order valence-electron chi connectivity index (χ1n) is 12.9. The third-order valence-electron chi connectivity index (χ3n) is 7.78. The van der Waals surface area contributed by atoms with Crippen LogP contribution in [0.2, 0.25) is 0 Å². The molecule has 13 heteroatoms. The van der Waals surface area contributed by atoms with Crippen LogP contribution in [-0.2, 0) is 30.2 Å². The summed E-state index contributed by atoms with van der Waals surface area (Å²) in [6, 6.07) is 6.19. The van der Waals surface area contributed by atoms with Crippen LogP contribution in [0.5, 0.6) is 0 Å². The van der Waals surface area contributed by atoms with E-state index < -0.39 is 73.4 Å². The molecule has 5 rings (SSSR count). The maximum atomic E-state index is 13.3. The predicted octanol–water partition coefficient (Wildman–Crippen LogP) is -1.11. The lowest BCUT2D eigenvalue weighted by molar-refractivity contribution is -0.339.